The van der Waals surface area contributed by atoms with Crippen LogP contribution in [0.25, 0.3) is 0 Å². The maximum atomic E-state index is 12.8. The Morgan fingerprint density at radius 1 is 1.04 bits per heavy atom. The van der Waals surface area contributed by atoms with Gasteiger partial charge >= 0.3 is 5.97 Å². The monoisotopic (exact) mass is 343 g/mol. The van der Waals surface area contributed by atoms with Crippen molar-refractivity contribution in [3.63, 3.8) is 0 Å². The van der Waals surface area contributed by atoms with E-state index < -0.39 is 0 Å². The average molecular weight is 344 g/mol. The van der Waals surface area contributed by atoms with Crippen molar-refractivity contribution >= 4 is 5.97 Å². The average Bonchev–Trinajstić information content (AvgIpc) is 2.99. The molecule has 3 nitrogen and oxygen atoms in total. The third-order valence-corrected chi connectivity index (χ3v) is 6.19. The molecule has 25 heavy (non-hydrogen) atoms. The summed E-state index contributed by atoms with van der Waals surface area (Å²) in [6.45, 7) is 8.74. The summed E-state index contributed by atoms with van der Waals surface area (Å²) >= 11 is 0. The summed E-state index contributed by atoms with van der Waals surface area (Å²) in [6.07, 6.45) is 7.37. The molecule has 0 N–H and O–H groups in total. The summed E-state index contributed by atoms with van der Waals surface area (Å²) < 4.78 is 0. The molecule has 1 aliphatic heterocycles. The van der Waals surface area contributed by atoms with Crippen LogP contribution in [0.4, 0.5) is 0 Å². The third kappa shape index (κ3) is 4.08. The lowest BCUT2D eigenvalue weighted by atomic mass is 9.82. The number of hydroxylamine groups is 2. The van der Waals surface area contributed by atoms with E-state index in [4.69, 9.17) is 4.84 Å². The first-order valence-electron chi connectivity index (χ1n) is 9.86. The molecule has 2 aliphatic rings. The first-order chi connectivity index (χ1) is 11.8. The van der Waals surface area contributed by atoms with E-state index in [9.17, 15) is 4.79 Å². The molecule has 1 aromatic carbocycles. The second-order valence-electron chi connectivity index (χ2n) is 9.15. The van der Waals surface area contributed by atoms with E-state index in [-0.39, 0.29) is 17.0 Å². The quantitative estimate of drug-likeness (QED) is 0.727. The van der Waals surface area contributed by atoms with Gasteiger partial charge in [0.15, 0.2) is 0 Å². The van der Waals surface area contributed by atoms with Crippen LogP contribution in [0, 0.1) is 5.92 Å². The SMILES string of the molecule is CC1(C)CCCC(C)(C)N1OC(=O)C[C@H]1CCC[C@H]1c1ccccc1. The van der Waals surface area contributed by atoms with Gasteiger partial charge < -0.3 is 4.84 Å². The normalized spacial score (nSPS) is 28.6. The lowest BCUT2D eigenvalue weighted by molar-refractivity contribution is -0.266. The van der Waals surface area contributed by atoms with Gasteiger partial charge in [-0.05, 0) is 77.2 Å². The number of piperidine rings is 1. The van der Waals surface area contributed by atoms with Crippen LogP contribution in [-0.4, -0.2) is 22.1 Å². The van der Waals surface area contributed by atoms with E-state index in [1.807, 2.05) is 5.06 Å². The summed E-state index contributed by atoms with van der Waals surface area (Å²) in [5.74, 6) is 0.845. The summed E-state index contributed by atoms with van der Waals surface area (Å²) in [4.78, 5) is 18.7. The highest BCUT2D eigenvalue weighted by Gasteiger charge is 2.44. The highest BCUT2D eigenvalue weighted by molar-refractivity contribution is 5.69. The fourth-order valence-corrected chi connectivity index (χ4v) is 5.00. The molecule has 138 valence electrons. The molecule has 0 amide bonds. The summed E-state index contributed by atoms with van der Waals surface area (Å²) in [5.41, 5.74) is 1.19. The van der Waals surface area contributed by atoms with E-state index in [0.717, 1.165) is 19.3 Å². The maximum Gasteiger partial charge on any atom is 0.325 e. The largest absolute Gasteiger partial charge is 0.367 e. The molecule has 0 spiro atoms. The lowest BCUT2D eigenvalue weighted by Gasteiger charge is -2.50. The molecule has 0 radical (unpaired) electrons. The Bertz CT molecular complexity index is 577. The van der Waals surface area contributed by atoms with Gasteiger partial charge in [0.25, 0.3) is 0 Å². The minimum atomic E-state index is -0.0914. The van der Waals surface area contributed by atoms with Crippen LogP contribution in [0.1, 0.15) is 84.1 Å². The van der Waals surface area contributed by atoms with Crippen molar-refractivity contribution in [3.8, 4) is 0 Å². The first-order valence-corrected chi connectivity index (χ1v) is 9.86. The number of nitrogens with zero attached hydrogens (tertiary/aromatic N) is 1. The van der Waals surface area contributed by atoms with E-state index in [1.54, 1.807) is 0 Å². The molecule has 3 heteroatoms. The van der Waals surface area contributed by atoms with Crippen LogP contribution in [0.15, 0.2) is 30.3 Å². The van der Waals surface area contributed by atoms with Gasteiger partial charge in [-0.1, -0.05) is 36.8 Å². The molecule has 3 rings (SSSR count). The molecular formula is C22H33NO2. The van der Waals surface area contributed by atoms with Gasteiger partial charge in [-0.25, -0.2) is 0 Å². The molecule has 0 unspecified atom stereocenters. The topological polar surface area (TPSA) is 29.5 Å². The summed E-state index contributed by atoms with van der Waals surface area (Å²) in [7, 11) is 0. The highest BCUT2D eigenvalue weighted by atomic mass is 16.7. The van der Waals surface area contributed by atoms with E-state index in [1.165, 1.54) is 24.8 Å². The third-order valence-electron chi connectivity index (χ3n) is 6.19. The minimum absolute atomic E-state index is 0.0594. The Kier molecular flexibility index (Phi) is 5.24. The predicted molar refractivity (Wildman–Crippen MR) is 101 cm³/mol. The highest BCUT2D eigenvalue weighted by Crippen LogP contribution is 2.43. The predicted octanol–water partition coefficient (Wildman–Crippen LogP) is 5.46. The van der Waals surface area contributed by atoms with Crippen LogP contribution < -0.4 is 0 Å². The molecule has 1 aliphatic carbocycles. The Morgan fingerprint density at radius 3 is 2.32 bits per heavy atom. The van der Waals surface area contributed by atoms with Gasteiger partial charge in [0.1, 0.15) is 0 Å². The van der Waals surface area contributed by atoms with Crippen LogP contribution in [0.5, 0.6) is 0 Å². The van der Waals surface area contributed by atoms with Crippen LogP contribution in [0.3, 0.4) is 0 Å². The van der Waals surface area contributed by atoms with Crippen molar-refractivity contribution in [2.75, 3.05) is 0 Å². The van der Waals surface area contributed by atoms with Gasteiger partial charge in [0.05, 0.1) is 17.5 Å². The zero-order valence-corrected chi connectivity index (χ0v) is 16.3. The van der Waals surface area contributed by atoms with Crippen molar-refractivity contribution in [2.45, 2.75) is 89.6 Å². The Balaban J connectivity index is 1.65. The molecular weight excluding hydrogens is 310 g/mol. The summed E-state index contributed by atoms with van der Waals surface area (Å²) in [5, 5.41) is 1.98. The van der Waals surface area contributed by atoms with E-state index in [2.05, 4.69) is 58.0 Å². The van der Waals surface area contributed by atoms with Crippen molar-refractivity contribution < 1.29 is 9.63 Å². The standard InChI is InChI=1S/C22H33NO2/c1-21(2)14-9-15-22(3,4)23(21)25-20(24)16-18-12-8-13-19(18)17-10-6-5-7-11-17/h5-7,10-11,18-19H,8-9,12-16H2,1-4H3/t18-,19+/m1/s1. The second kappa shape index (κ2) is 7.11. The Hall–Kier alpha value is -1.35. The minimum Gasteiger partial charge on any atom is -0.367 e. The smallest absolute Gasteiger partial charge is 0.325 e. The van der Waals surface area contributed by atoms with Gasteiger partial charge in [-0.2, -0.15) is 0 Å². The van der Waals surface area contributed by atoms with Gasteiger partial charge in [-0.3, -0.25) is 4.79 Å². The molecule has 1 saturated carbocycles. The van der Waals surface area contributed by atoms with Crippen LogP contribution in [-0.2, 0) is 9.63 Å². The molecule has 2 fully saturated rings. The Labute approximate surface area is 152 Å². The molecule has 1 saturated heterocycles. The lowest BCUT2D eigenvalue weighted by Crippen LogP contribution is -2.58. The van der Waals surface area contributed by atoms with Gasteiger partial charge in [-0.15, -0.1) is 5.06 Å². The molecule has 1 aromatic rings. The second-order valence-corrected chi connectivity index (χ2v) is 9.15. The number of hydrogen-bond donors (Lipinski definition) is 0. The zero-order chi connectivity index (χ0) is 18.1. The first kappa shape index (κ1) is 18.4. The number of hydrogen-bond acceptors (Lipinski definition) is 3. The zero-order valence-electron chi connectivity index (χ0n) is 16.3. The van der Waals surface area contributed by atoms with Gasteiger partial charge in [0.2, 0.25) is 0 Å². The summed E-state index contributed by atoms with van der Waals surface area (Å²) in [6, 6.07) is 10.7. The fraction of sp³-hybridized carbons (Fsp3) is 0.682. The van der Waals surface area contributed by atoms with Crippen LogP contribution >= 0.6 is 0 Å². The van der Waals surface area contributed by atoms with Crippen molar-refractivity contribution in [2.24, 2.45) is 5.92 Å². The molecule has 2 atom stereocenters. The number of rotatable bonds is 4. The number of benzene rings is 1. The maximum absolute atomic E-state index is 12.8. The van der Waals surface area contributed by atoms with Crippen molar-refractivity contribution in [3.05, 3.63) is 35.9 Å². The molecule has 0 bridgehead atoms. The number of carbonyl (C=O) groups is 1. The van der Waals surface area contributed by atoms with E-state index in [0.29, 0.717) is 18.3 Å². The fourth-order valence-electron chi connectivity index (χ4n) is 5.00. The molecule has 0 aromatic heterocycles. The van der Waals surface area contributed by atoms with Gasteiger partial charge in [0, 0.05) is 0 Å². The number of carbonyl (C=O) groups excluding carboxylic acids is 1. The van der Waals surface area contributed by atoms with Crippen molar-refractivity contribution in [1.29, 1.82) is 0 Å². The Morgan fingerprint density at radius 2 is 1.68 bits per heavy atom. The van der Waals surface area contributed by atoms with Crippen LogP contribution in [0.2, 0.25) is 0 Å². The van der Waals surface area contributed by atoms with Crippen molar-refractivity contribution in [1.82, 2.24) is 5.06 Å². The van der Waals surface area contributed by atoms with E-state index >= 15 is 0 Å². The molecule has 1 heterocycles.